The van der Waals surface area contributed by atoms with E-state index >= 15 is 0 Å². The number of halogens is 1. The largest absolute Gasteiger partial charge is 0.480 e. The van der Waals surface area contributed by atoms with Gasteiger partial charge in [0.1, 0.15) is 22.4 Å². The van der Waals surface area contributed by atoms with Crippen LogP contribution in [0.25, 0.3) is 10.9 Å². The zero-order valence-electron chi connectivity index (χ0n) is 21.4. The predicted octanol–water partition coefficient (Wildman–Crippen LogP) is 3.66. The van der Waals surface area contributed by atoms with Gasteiger partial charge in [0, 0.05) is 11.9 Å². The van der Waals surface area contributed by atoms with Crippen molar-refractivity contribution in [3.05, 3.63) is 87.7 Å². The number of hydrogen-bond acceptors (Lipinski definition) is 8. The number of ether oxygens (including phenoxy) is 1. The van der Waals surface area contributed by atoms with Gasteiger partial charge in [-0.15, -0.1) is 23.7 Å². The van der Waals surface area contributed by atoms with Crippen molar-refractivity contribution >= 4 is 70.1 Å². The number of hydrogen-bond donors (Lipinski definition) is 4. The molecule has 0 bridgehead atoms. The molecule has 0 saturated carbocycles. The Morgan fingerprint density at radius 2 is 1.73 bits per heavy atom. The normalized spacial score (nSPS) is 11.1. The fourth-order valence-electron chi connectivity index (χ4n) is 3.71. The molecule has 41 heavy (non-hydrogen) atoms. The summed E-state index contributed by atoms with van der Waals surface area (Å²) in [5.74, 6) is -3.43. The van der Waals surface area contributed by atoms with Gasteiger partial charge in [-0.25, -0.2) is 24.4 Å². The van der Waals surface area contributed by atoms with Gasteiger partial charge in [-0.1, -0.05) is 6.07 Å². The summed E-state index contributed by atoms with van der Waals surface area (Å²) < 4.78 is 5.46. The molecule has 0 radical (unpaired) electrons. The van der Waals surface area contributed by atoms with E-state index < -0.39 is 29.9 Å². The molecule has 4 rings (SSSR count). The molecule has 2 aromatic heterocycles. The lowest BCUT2D eigenvalue weighted by atomic mass is 10.1. The molecule has 0 unspecified atom stereocenters. The van der Waals surface area contributed by atoms with Gasteiger partial charge in [0.25, 0.3) is 5.91 Å². The number of carbonyl (C=O) groups excluding carboxylic acids is 2. The molecule has 4 aromatic rings. The number of nitrogens with zero attached hydrogens (tertiary/aromatic N) is 3. The summed E-state index contributed by atoms with van der Waals surface area (Å²) in [6, 6.07) is 14.1. The number of carbonyl (C=O) groups is 4. The summed E-state index contributed by atoms with van der Waals surface area (Å²) in [7, 11) is 0. The zero-order chi connectivity index (χ0) is 29.0. The van der Waals surface area contributed by atoms with Crippen LogP contribution in [-0.4, -0.2) is 55.9 Å². The second-order valence-electron chi connectivity index (χ2n) is 8.60. The molecule has 0 spiro atoms. The van der Waals surface area contributed by atoms with Crippen molar-refractivity contribution in [2.75, 3.05) is 0 Å². The number of benzene rings is 2. The molecule has 1 atom stereocenters. The minimum Gasteiger partial charge on any atom is -0.480 e. The summed E-state index contributed by atoms with van der Waals surface area (Å²) >= 11 is 0.985. The monoisotopic (exact) mass is 597 g/mol. The average Bonchev–Trinajstić information content (AvgIpc) is 3.40. The van der Waals surface area contributed by atoms with Crippen LogP contribution in [0, 0.1) is 0 Å². The summed E-state index contributed by atoms with van der Waals surface area (Å²) in [5, 5.41) is 20.9. The lowest BCUT2D eigenvalue weighted by molar-refractivity contribution is -0.141. The molecule has 2 aromatic carbocycles. The van der Waals surface area contributed by atoms with Gasteiger partial charge in [-0.05, 0) is 72.5 Å². The average molecular weight is 598 g/mol. The Morgan fingerprint density at radius 1 is 1.02 bits per heavy atom. The molecule has 2 heterocycles. The van der Waals surface area contributed by atoms with Crippen LogP contribution in [0.3, 0.4) is 0 Å². The number of aromatic carboxylic acids is 1. The van der Waals surface area contributed by atoms with Crippen LogP contribution in [0.2, 0.25) is 0 Å². The van der Waals surface area contributed by atoms with Gasteiger partial charge in [0.05, 0.1) is 16.8 Å². The van der Waals surface area contributed by atoms with Crippen LogP contribution in [0.4, 0.5) is 5.69 Å². The number of thiophene rings is 1. The van der Waals surface area contributed by atoms with Crippen LogP contribution in [0.1, 0.15) is 43.0 Å². The number of aliphatic carboxylic acids is 1. The second-order valence-corrected chi connectivity index (χ2v) is 9.51. The van der Waals surface area contributed by atoms with E-state index in [0.717, 1.165) is 16.2 Å². The first-order valence-electron chi connectivity index (χ1n) is 11.7. The van der Waals surface area contributed by atoms with Crippen molar-refractivity contribution in [2.24, 2.45) is 16.5 Å². The van der Waals surface area contributed by atoms with Gasteiger partial charge in [-0.3, -0.25) is 4.79 Å². The number of rotatable bonds is 9. The number of amides is 1. The Bertz CT molecular complexity index is 1650. The summed E-state index contributed by atoms with van der Waals surface area (Å²) in [6.45, 7) is 1.25. The number of carboxylic acids is 2. The molecule has 6 N–H and O–H groups in total. The first-order valence-corrected chi connectivity index (χ1v) is 12.6. The molecule has 0 aliphatic rings. The van der Waals surface area contributed by atoms with Crippen molar-refractivity contribution in [2.45, 2.75) is 19.5 Å². The second kappa shape index (κ2) is 12.9. The molecule has 0 aliphatic carbocycles. The smallest absolute Gasteiger partial charge is 0.345 e. The predicted molar refractivity (Wildman–Crippen MR) is 154 cm³/mol. The van der Waals surface area contributed by atoms with E-state index in [0.29, 0.717) is 22.2 Å². The first-order chi connectivity index (χ1) is 19.0. The van der Waals surface area contributed by atoms with Gasteiger partial charge in [0.2, 0.25) is 0 Å². The number of esters is 1. The third-order valence-electron chi connectivity index (χ3n) is 5.75. The van der Waals surface area contributed by atoms with Gasteiger partial charge < -0.3 is 31.3 Å². The van der Waals surface area contributed by atoms with Gasteiger partial charge >= 0.3 is 17.9 Å². The maximum Gasteiger partial charge on any atom is 0.345 e. The number of aromatic nitrogens is 1. The number of fused-ring (bicyclic) bond motifs is 1. The fourth-order valence-corrected chi connectivity index (χ4v) is 4.45. The Balaban J connectivity index is 0.00000462. The fraction of sp³-hybridized carbons (Fsp3) is 0.111. The van der Waals surface area contributed by atoms with Crippen LogP contribution in [-0.2, 0) is 11.3 Å². The number of guanidine groups is 1. The lowest BCUT2D eigenvalue weighted by Gasteiger charge is -2.26. The van der Waals surface area contributed by atoms with Crippen LogP contribution < -0.4 is 16.2 Å². The lowest BCUT2D eigenvalue weighted by Crippen LogP contribution is -2.43. The van der Waals surface area contributed by atoms with Crippen LogP contribution in [0.5, 0.6) is 5.75 Å². The Morgan fingerprint density at radius 3 is 2.34 bits per heavy atom. The highest BCUT2D eigenvalue weighted by Crippen LogP contribution is 2.24. The number of nitrogens with two attached hydrogens (primary N) is 2. The molecular formula is C27H24ClN5O7S. The Labute approximate surface area is 243 Å². The van der Waals surface area contributed by atoms with Crippen molar-refractivity contribution in [3.8, 4) is 5.75 Å². The minimum absolute atomic E-state index is 0. The van der Waals surface area contributed by atoms with Crippen LogP contribution >= 0.6 is 23.7 Å². The van der Waals surface area contributed by atoms with E-state index in [1.165, 1.54) is 37.3 Å². The molecule has 12 nitrogen and oxygen atoms in total. The van der Waals surface area contributed by atoms with E-state index in [1.807, 2.05) is 0 Å². The van der Waals surface area contributed by atoms with Crippen molar-refractivity contribution in [1.82, 2.24) is 9.88 Å². The zero-order valence-corrected chi connectivity index (χ0v) is 23.0. The highest BCUT2D eigenvalue weighted by Gasteiger charge is 2.28. The number of carboxylic acid groups (broad SMARTS) is 2. The van der Waals surface area contributed by atoms with Crippen LogP contribution in [0.15, 0.2) is 71.0 Å². The summed E-state index contributed by atoms with van der Waals surface area (Å²) in [5.41, 5.74) is 12.4. The van der Waals surface area contributed by atoms with E-state index in [4.69, 9.17) is 21.3 Å². The SMILES string of the molecule is C[C@H](C(=O)O)N(Cc1csc(C(=O)O)c1)C(=O)c1ccc2cc(OC(=O)c3ccc(N=C(N)N)cc3)ccc2n1.Cl. The molecular weight excluding hydrogens is 574 g/mol. The third kappa shape index (κ3) is 7.35. The van der Waals surface area contributed by atoms with Crippen molar-refractivity contribution in [3.63, 3.8) is 0 Å². The molecule has 0 fully saturated rings. The maximum atomic E-state index is 13.3. The van der Waals surface area contributed by atoms with Gasteiger partial charge in [-0.2, -0.15) is 0 Å². The topological polar surface area (TPSA) is 198 Å². The molecule has 14 heteroatoms. The minimum atomic E-state index is -1.22. The van der Waals surface area contributed by atoms with Crippen molar-refractivity contribution < 1.29 is 34.1 Å². The Hall–Kier alpha value is -5.01. The number of pyridine rings is 1. The highest BCUT2D eigenvalue weighted by atomic mass is 35.5. The number of aliphatic imine (C=N–C) groups is 1. The maximum absolute atomic E-state index is 13.3. The van der Waals surface area contributed by atoms with E-state index in [1.54, 1.807) is 35.7 Å². The summed E-state index contributed by atoms with van der Waals surface area (Å²) in [4.78, 5) is 58.3. The van der Waals surface area contributed by atoms with Crippen molar-refractivity contribution in [1.29, 1.82) is 0 Å². The van der Waals surface area contributed by atoms with E-state index in [-0.39, 0.29) is 46.8 Å². The van der Waals surface area contributed by atoms with E-state index in [9.17, 15) is 24.3 Å². The standard InChI is InChI=1S/C27H23N5O7S.ClH/c1-14(24(34)35)32(12-15-10-22(25(36)37)40-13-15)23(33)21-8-4-17-11-19(7-9-20(17)31-21)39-26(38)16-2-5-18(6-3-16)30-27(28)29;/h2-11,13-14H,12H2,1H3,(H,34,35)(H,36,37)(H4,28,29,30);1H/t14-;/m1./s1. The molecule has 212 valence electrons. The quantitative estimate of drug-likeness (QED) is 0.0955. The van der Waals surface area contributed by atoms with E-state index in [2.05, 4.69) is 9.98 Å². The van der Waals surface area contributed by atoms with Gasteiger partial charge in [0.15, 0.2) is 5.96 Å². The molecule has 0 saturated heterocycles. The first kappa shape index (κ1) is 30.5. The molecule has 0 aliphatic heterocycles. The molecule has 1 amide bonds. The third-order valence-corrected chi connectivity index (χ3v) is 6.72. The highest BCUT2D eigenvalue weighted by molar-refractivity contribution is 7.12. The Kier molecular flexibility index (Phi) is 9.60. The summed E-state index contributed by atoms with van der Waals surface area (Å²) in [6.07, 6.45) is 0.